The fraction of sp³-hybridized carbons (Fsp3) is 0.200. The number of carbonyl (C=O) groups is 1. The molecule has 0 radical (unpaired) electrons. The van der Waals surface area contributed by atoms with Crippen LogP contribution in [0.25, 0.3) is 11.0 Å². The molecule has 2 aromatic rings. The van der Waals surface area contributed by atoms with E-state index < -0.39 is 0 Å². The normalized spacial score (nSPS) is 10.5. The monoisotopic (exact) mass is 223 g/mol. The zero-order valence-electron chi connectivity index (χ0n) is 8.17. The van der Waals surface area contributed by atoms with Crippen LogP contribution in [-0.2, 0) is 4.79 Å². The van der Waals surface area contributed by atoms with Crippen LogP contribution in [-0.4, -0.2) is 15.9 Å². The number of benzene rings is 1. The average Bonchev–Trinajstić information content (AvgIpc) is 2.59. The molecule has 1 amide bonds. The molecule has 4 nitrogen and oxygen atoms in total. The zero-order valence-corrected chi connectivity index (χ0v) is 8.93. The highest BCUT2D eigenvalue weighted by Crippen LogP contribution is 2.18. The topological polar surface area (TPSA) is 57.8 Å². The summed E-state index contributed by atoms with van der Waals surface area (Å²) in [7, 11) is 0. The van der Waals surface area contributed by atoms with Gasteiger partial charge in [0.2, 0.25) is 11.9 Å². The van der Waals surface area contributed by atoms with Crippen LogP contribution in [0.3, 0.4) is 0 Å². The van der Waals surface area contributed by atoms with E-state index in [2.05, 4.69) is 15.3 Å². The Morgan fingerprint density at radius 3 is 3.13 bits per heavy atom. The van der Waals surface area contributed by atoms with Crippen LogP contribution in [0, 0.1) is 0 Å². The highest BCUT2D eigenvalue weighted by atomic mass is 35.5. The van der Waals surface area contributed by atoms with E-state index in [0.29, 0.717) is 17.4 Å². The standard InChI is InChI=1S/C10H10ClN3O/c1-2-9(15)14-10-12-7-4-3-6(11)5-8(7)13-10/h3-5H,2H2,1H3,(H2,12,13,14,15). The first-order chi connectivity index (χ1) is 7.19. The van der Waals surface area contributed by atoms with Crippen molar-refractivity contribution in [3.8, 4) is 0 Å². The molecular formula is C10H10ClN3O. The average molecular weight is 224 g/mol. The summed E-state index contributed by atoms with van der Waals surface area (Å²) in [6, 6.07) is 5.33. The number of aromatic amines is 1. The quantitative estimate of drug-likeness (QED) is 0.822. The summed E-state index contributed by atoms with van der Waals surface area (Å²) in [6.45, 7) is 1.79. The molecule has 2 N–H and O–H groups in total. The lowest BCUT2D eigenvalue weighted by atomic mass is 10.3. The number of rotatable bonds is 2. The summed E-state index contributed by atoms with van der Waals surface area (Å²) in [5.74, 6) is 0.388. The molecular weight excluding hydrogens is 214 g/mol. The first-order valence-corrected chi connectivity index (χ1v) is 5.02. The van der Waals surface area contributed by atoms with Gasteiger partial charge in [-0.05, 0) is 18.2 Å². The number of carbonyl (C=O) groups excluding carboxylic acids is 1. The van der Waals surface area contributed by atoms with Crippen molar-refractivity contribution in [1.82, 2.24) is 9.97 Å². The van der Waals surface area contributed by atoms with E-state index in [-0.39, 0.29) is 5.91 Å². The number of halogens is 1. The molecule has 0 spiro atoms. The first kappa shape index (κ1) is 9.98. The van der Waals surface area contributed by atoms with Gasteiger partial charge in [-0.25, -0.2) is 4.98 Å². The molecule has 15 heavy (non-hydrogen) atoms. The Bertz CT molecular complexity index is 506. The number of hydrogen-bond donors (Lipinski definition) is 2. The van der Waals surface area contributed by atoms with Crippen molar-refractivity contribution < 1.29 is 4.79 Å². The summed E-state index contributed by atoms with van der Waals surface area (Å²) in [6.07, 6.45) is 0.428. The Balaban J connectivity index is 2.34. The minimum atomic E-state index is -0.0693. The van der Waals surface area contributed by atoms with E-state index in [4.69, 9.17) is 11.6 Å². The first-order valence-electron chi connectivity index (χ1n) is 4.64. The summed E-state index contributed by atoms with van der Waals surface area (Å²) < 4.78 is 0. The molecule has 1 aromatic carbocycles. The Labute approximate surface area is 91.7 Å². The number of imidazole rings is 1. The molecule has 0 saturated heterocycles. The van der Waals surface area contributed by atoms with Gasteiger partial charge in [-0.15, -0.1) is 0 Å². The third-order valence-corrected chi connectivity index (χ3v) is 2.26. The molecule has 78 valence electrons. The van der Waals surface area contributed by atoms with E-state index in [9.17, 15) is 4.79 Å². The Kier molecular flexibility index (Phi) is 2.60. The SMILES string of the molecule is CCC(=O)Nc1nc2ccc(Cl)cc2[nH]1. The Hall–Kier alpha value is -1.55. The second-order valence-corrected chi connectivity index (χ2v) is 3.59. The molecule has 5 heteroatoms. The van der Waals surface area contributed by atoms with Crippen LogP contribution in [0.15, 0.2) is 18.2 Å². The van der Waals surface area contributed by atoms with Gasteiger partial charge < -0.3 is 4.98 Å². The highest BCUT2D eigenvalue weighted by Gasteiger charge is 2.05. The van der Waals surface area contributed by atoms with Crippen LogP contribution in [0.5, 0.6) is 0 Å². The maximum Gasteiger partial charge on any atom is 0.226 e. The van der Waals surface area contributed by atoms with E-state index >= 15 is 0 Å². The molecule has 0 aliphatic carbocycles. The van der Waals surface area contributed by atoms with Crippen molar-refractivity contribution >= 4 is 34.5 Å². The zero-order chi connectivity index (χ0) is 10.8. The van der Waals surface area contributed by atoms with E-state index in [1.165, 1.54) is 0 Å². The van der Waals surface area contributed by atoms with Gasteiger partial charge in [0.05, 0.1) is 11.0 Å². The van der Waals surface area contributed by atoms with Gasteiger partial charge in [0.25, 0.3) is 0 Å². The minimum absolute atomic E-state index is 0.0693. The number of H-pyrrole nitrogens is 1. The number of fused-ring (bicyclic) bond motifs is 1. The number of nitrogens with one attached hydrogen (secondary N) is 2. The van der Waals surface area contributed by atoms with Crippen LogP contribution in [0.1, 0.15) is 13.3 Å². The summed E-state index contributed by atoms with van der Waals surface area (Å²) in [5.41, 5.74) is 1.60. The predicted octanol–water partition coefficient (Wildman–Crippen LogP) is 2.56. The Morgan fingerprint density at radius 1 is 1.60 bits per heavy atom. The second-order valence-electron chi connectivity index (χ2n) is 3.15. The van der Waals surface area contributed by atoms with Gasteiger partial charge in [-0.1, -0.05) is 18.5 Å². The minimum Gasteiger partial charge on any atom is -0.324 e. The molecule has 0 aliphatic heterocycles. The van der Waals surface area contributed by atoms with E-state index in [1.54, 1.807) is 25.1 Å². The molecule has 0 fully saturated rings. The predicted molar refractivity (Wildman–Crippen MR) is 60.0 cm³/mol. The largest absolute Gasteiger partial charge is 0.324 e. The second kappa shape index (κ2) is 3.90. The molecule has 2 rings (SSSR count). The number of aromatic nitrogens is 2. The fourth-order valence-electron chi connectivity index (χ4n) is 1.26. The third kappa shape index (κ3) is 2.10. The molecule has 1 heterocycles. The van der Waals surface area contributed by atoms with Crippen molar-refractivity contribution in [1.29, 1.82) is 0 Å². The maximum absolute atomic E-state index is 11.1. The van der Waals surface area contributed by atoms with Crippen LogP contribution >= 0.6 is 11.6 Å². The van der Waals surface area contributed by atoms with Gasteiger partial charge in [-0.2, -0.15) is 0 Å². The molecule has 0 atom stereocenters. The summed E-state index contributed by atoms with van der Waals surface area (Å²) >= 11 is 5.83. The summed E-state index contributed by atoms with van der Waals surface area (Å²) in [5, 5.41) is 3.29. The van der Waals surface area contributed by atoms with E-state index in [0.717, 1.165) is 11.0 Å². The number of amides is 1. The summed E-state index contributed by atoms with van der Waals surface area (Å²) in [4.78, 5) is 18.3. The van der Waals surface area contributed by atoms with Crippen LogP contribution < -0.4 is 5.32 Å². The fourth-order valence-corrected chi connectivity index (χ4v) is 1.43. The van der Waals surface area contributed by atoms with Crippen molar-refractivity contribution in [2.75, 3.05) is 5.32 Å². The van der Waals surface area contributed by atoms with Crippen LogP contribution in [0.4, 0.5) is 5.95 Å². The van der Waals surface area contributed by atoms with Gasteiger partial charge in [0.15, 0.2) is 0 Å². The number of anilines is 1. The number of hydrogen-bond acceptors (Lipinski definition) is 2. The molecule has 0 unspecified atom stereocenters. The maximum atomic E-state index is 11.1. The van der Waals surface area contributed by atoms with Crippen molar-refractivity contribution in [2.24, 2.45) is 0 Å². The smallest absolute Gasteiger partial charge is 0.226 e. The highest BCUT2D eigenvalue weighted by molar-refractivity contribution is 6.31. The van der Waals surface area contributed by atoms with E-state index in [1.807, 2.05) is 0 Å². The van der Waals surface area contributed by atoms with Crippen molar-refractivity contribution in [3.63, 3.8) is 0 Å². The van der Waals surface area contributed by atoms with Crippen molar-refractivity contribution in [3.05, 3.63) is 23.2 Å². The van der Waals surface area contributed by atoms with Gasteiger partial charge in [-0.3, -0.25) is 10.1 Å². The van der Waals surface area contributed by atoms with Gasteiger partial charge in [0.1, 0.15) is 0 Å². The van der Waals surface area contributed by atoms with Crippen LogP contribution in [0.2, 0.25) is 5.02 Å². The van der Waals surface area contributed by atoms with Crippen molar-refractivity contribution in [2.45, 2.75) is 13.3 Å². The number of nitrogens with zero attached hydrogens (tertiary/aromatic N) is 1. The lowest BCUT2D eigenvalue weighted by Crippen LogP contribution is -2.10. The van der Waals surface area contributed by atoms with Gasteiger partial charge >= 0.3 is 0 Å². The lowest BCUT2D eigenvalue weighted by Gasteiger charge is -1.95. The molecule has 1 aromatic heterocycles. The lowest BCUT2D eigenvalue weighted by molar-refractivity contribution is -0.115. The molecule has 0 saturated carbocycles. The van der Waals surface area contributed by atoms with Gasteiger partial charge in [0, 0.05) is 11.4 Å². The molecule has 0 aliphatic rings. The third-order valence-electron chi connectivity index (χ3n) is 2.02. The molecule has 0 bridgehead atoms. The Morgan fingerprint density at radius 2 is 2.40 bits per heavy atom.